The second-order valence-corrected chi connectivity index (χ2v) is 7.00. The van der Waals surface area contributed by atoms with Crippen LogP contribution in [-0.4, -0.2) is 0 Å². The first-order valence-electron chi connectivity index (χ1n) is 7.26. The number of thioether (sulfide) groups is 2. The van der Waals surface area contributed by atoms with Crippen molar-refractivity contribution in [2.45, 2.75) is 21.3 Å². The van der Waals surface area contributed by atoms with Crippen molar-refractivity contribution in [2.24, 2.45) is 0 Å². The van der Waals surface area contributed by atoms with Crippen molar-refractivity contribution < 1.29 is 0 Å². The summed E-state index contributed by atoms with van der Waals surface area (Å²) in [7, 11) is 0. The maximum Gasteiger partial charge on any atom is 0.0238 e. The third-order valence-electron chi connectivity index (χ3n) is 3.19. The standard InChI is InChI=1S/C20H17S2/c1-3-10-19(11-4-1)21-15-17-8-7-9-18(14-17)16-22-20-12-5-2-6-13-20/h1-13H,15-16H2. The zero-order chi connectivity index (χ0) is 15.0. The van der Waals surface area contributed by atoms with Gasteiger partial charge in [-0.3, -0.25) is 0 Å². The highest BCUT2D eigenvalue weighted by atomic mass is 32.2. The Morgan fingerprint density at radius 1 is 0.545 bits per heavy atom. The Balaban J connectivity index is 1.58. The predicted molar refractivity (Wildman–Crippen MR) is 97.3 cm³/mol. The summed E-state index contributed by atoms with van der Waals surface area (Å²) in [6.45, 7) is 0. The lowest BCUT2D eigenvalue weighted by Gasteiger charge is -2.05. The molecule has 0 saturated carbocycles. The molecule has 1 radical (unpaired) electrons. The van der Waals surface area contributed by atoms with E-state index in [0.29, 0.717) is 0 Å². The summed E-state index contributed by atoms with van der Waals surface area (Å²) < 4.78 is 0. The van der Waals surface area contributed by atoms with E-state index in [-0.39, 0.29) is 0 Å². The summed E-state index contributed by atoms with van der Waals surface area (Å²) >= 11 is 3.72. The van der Waals surface area contributed by atoms with E-state index < -0.39 is 0 Å². The van der Waals surface area contributed by atoms with Crippen molar-refractivity contribution in [3.8, 4) is 0 Å². The highest BCUT2D eigenvalue weighted by molar-refractivity contribution is 7.98. The maximum atomic E-state index is 3.54. The predicted octanol–water partition coefficient (Wildman–Crippen LogP) is 6.07. The summed E-state index contributed by atoms with van der Waals surface area (Å²) in [6.07, 6.45) is 0. The molecule has 2 heteroatoms. The van der Waals surface area contributed by atoms with Gasteiger partial charge in [-0.2, -0.15) is 0 Å². The van der Waals surface area contributed by atoms with Gasteiger partial charge in [0.05, 0.1) is 0 Å². The van der Waals surface area contributed by atoms with Gasteiger partial charge in [-0.25, -0.2) is 0 Å². The second-order valence-electron chi connectivity index (χ2n) is 4.90. The average molecular weight is 321 g/mol. The minimum atomic E-state index is 0.966. The quantitative estimate of drug-likeness (QED) is 0.505. The highest BCUT2D eigenvalue weighted by Gasteiger charge is 2.00. The highest BCUT2D eigenvalue weighted by Crippen LogP contribution is 2.25. The summed E-state index contributed by atoms with van der Waals surface area (Å²) in [5, 5.41) is 0. The smallest absolute Gasteiger partial charge is 0.0238 e. The van der Waals surface area contributed by atoms with Gasteiger partial charge in [-0.05, 0) is 41.5 Å². The van der Waals surface area contributed by atoms with Crippen molar-refractivity contribution in [3.05, 3.63) is 96.1 Å². The van der Waals surface area contributed by atoms with Crippen LogP contribution in [0.2, 0.25) is 0 Å². The van der Waals surface area contributed by atoms with E-state index in [9.17, 15) is 0 Å². The van der Waals surface area contributed by atoms with Gasteiger partial charge in [0.15, 0.2) is 0 Å². The Hall–Kier alpha value is -1.64. The molecule has 0 unspecified atom stereocenters. The van der Waals surface area contributed by atoms with Gasteiger partial charge < -0.3 is 0 Å². The fourth-order valence-electron chi connectivity index (χ4n) is 2.09. The summed E-state index contributed by atoms with van der Waals surface area (Å²) in [5.74, 6) is 1.93. The third kappa shape index (κ3) is 4.69. The lowest BCUT2D eigenvalue weighted by molar-refractivity contribution is 1.30. The molecule has 0 heterocycles. The molecule has 0 saturated heterocycles. The van der Waals surface area contributed by atoms with Crippen molar-refractivity contribution in [1.29, 1.82) is 0 Å². The van der Waals surface area contributed by atoms with E-state index in [0.717, 1.165) is 11.5 Å². The molecule has 0 aliphatic heterocycles. The van der Waals surface area contributed by atoms with Gasteiger partial charge in [-0.15, -0.1) is 23.5 Å². The van der Waals surface area contributed by atoms with E-state index in [1.165, 1.54) is 20.9 Å². The summed E-state index contributed by atoms with van der Waals surface area (Å²) in [6, 6.07) is 31.0. The Morgan fingerprint density at radius 3 is 1.45 bits per heavy atom. The van der Waals surface area contributed by atoms with Gasteiger partial charge in [0, 0.05) is 21.3 Å². The van der Waals surface area contributed by atoms with Crippen LogP contribution in [0.15, 0.2) is 88.7 Å². The van der Waals surface area contributed by atoms with Crippen LogP contribution >= 0.6 is 23.5 Å². The van der Waals surface area contributed by atoms with Gasteiger partial charge in [-0.1, -0.05) is 54.6 Å². The van der Waals surface area contributed by atoms with Crippen LogP contribution in [-0.2, 0) is 11.5 Å². The molecule has 3 aromatic rings. The van der Waals surface area contributed by atoms with Crippen LogP contribution in [0.25, 0.3) is 0 Å². The second kappa shape index (κ2) is 8.11. The fourth-order valence-corrected chi connectivity index (χ4v) is 3.77. The molecule has 3 rings (SSSR count). The van der Waals surface area contributed by atoms with Crippen LogP contribution in [0, 0.1) is 6.07 Å². The van der Waals surface area contributed by atoms with Crippen LogP contribution in [0.4, 0.5) is 0 Å². The Kier molecular flexibility index (Phi) is 5.63. The molecule has 0 aromatic heterocycles. The molecule has 0 spiro atoms. The largest absolute Gasteiger partial charge is 0.121 e. The van der Waals surface area contributed by atoms with Crippen molar-refractivity contribution >= 4 is 23.5 Å². The monoisotopic (exact) mass is 321 g/mol. The van der Waals surface area contributed by atoms with E-state index in [1.54, 1.807) is 0 Å². The zero-order valence-electron chi connectivity index (χ0n) is 12.2. The van der Waals surface area contributed by atoms with Gasteiger partial charge in [0.2, 0.25) is 0 Å². The Labute approximate surface area is 141 Å². The normalized spacial score (nSPS) is 10.5. The number of rotatable bonds is 6. The molecule has 0 atom stereocenters. The minimum Gasteiger partial charge on any atom is -0.121 e. The third-order valence-corrected chi connectivity index (χ3v) is 5.31. The molecule has 0 nitrogen and oxygen atoms in total. The number of hydrogen-bond donors (Lipinski definition) is 0. The van der Waals surface area contributed by atoms with Crippen molar-refractivity contribution in [1.82, 2.24) is 0 Å². The molecule has 0 N–H and O–H groups in total. The Bertz CT molecular complexity index is 634. The molecule has 0 aliphatic rings. The average Bonchev–Trinajstić information content (AvgIpc) is 2.60. The number of benzene rings is 3. The molecule has 3 aromatic carbocycles. The molecule has 22 heavy (non-hydrogen) atoms. The van der Waals surface area contributed by atoms with Gasteiger partial charge in [0.25, 0.3) is 0 Å². The molecular weight excluding hydrogens is 304 g/mol. The van der Waals surface area contributed by atoms with Gasteiger partial charge in [0.1, 0.15) is 0 Å². The first kappa shape index (κ1) is 15.3. The van der Waals surface area contributed by atoms with E-state index in [4.69, 9.17) is 0 Å². The van der Waals surface area contributed by atoms with E-state index in [2.05, 4.69) is 84.9 Å². The zero-order valence-corrected chi connectivity index (χ0v) is 13.9. The van der Waals surface area contributed by atoms with E-state index >= 15 is 0 Å². The van der Waals surface area contributed by atoms with Gasteiger partial charge >= 0.3 is 0 Å². The Morgan fingerprint density at radius 2 is 1.00 bits per heavy atom. The maximum absolute atomic E-state index is 3.54. The minimum absolute atomic E-state index is 0.966. The summed E-state index contributed by atoms with van der Waals surface area (Å²) in [5.41, 5.74) is 2.53. The summed E-state index contributed by atoms with van der Waals surface area (Å²) in [4.78, 5) is 2.61. The lowest BCUT2D eigenvalue weighted by Crippen LogP contribution is -1.86. The van der Waals surface area contributed by atoms with Crippen LogP contribution in [0.3, 0.4) is 0 Å². The molecule has 109 valence electrons. The molecule has 0 amide bonds. The van der Waals surface area contributed by atoms with Crippen LogP contribution < -0.4 is 0 Å². The fraction of sp³-hybridized carbons (Fsp3) is 0.100. The van der Waals surface area contributed by atoms with Crippen molar-refractivity contribution in [2.75, 3.05) is 0 Å². The molecule has 0 bridgehead atoms. The number of hydrogen-bond acceptors (Lipinski definition) is 2. The SMILES string of the molecule is [c]1c(CSc2ccccc2)cccc1CSc1ccccc1. The topological polar surface area (TPSA) is 0 Å². The van der Waals surface area contributed by atoms with Crippen LogP contribution in [0.5, 0.6) is 0 Å². The van der Waals surface area contributed by atoms with Crippen molar-refractivity contribution in [3.63, 3.8) is 0 Å². The molecular formula is C20H17S2. The lowest BCUT2D eigenvalue weighted by atomic mass is 10.2. The first-order chi connectivity index (χ1) is 10.9. The van der Waals surface area contributed by atoms with E-state index in [1.807, 2.05) is 23.5 Å². The molecule has 0 fully saturated rings. The van der Waals surface area contributed by atoms with Crippen LogP contribution in [0.1, 0.15) is 11.1 Å². The molecule has 0 aliphatic carbocycles. The first-order valence-corrected chi connectivity index (χ1v) is 9.23.